The standard InChI is InChI=1S/C10H11N.C7H5NS/c1-4-9-5-7-10(8-6-9)11(2)3;1-2-4-7-6(3-1)8-5-9-7/h1,5-8H,2-3H3;1-5H. The Morgan fingerprint density at radius 1 is 1.05 bits per heavy atom. The fourth-order valence-electron chi connectivity index (χ4n) is 1.66. The van der Waals surface area contributed by atoms with E-state index in [1.807, 2.05) is 67.0 Å². The van der Waals surface area contributed by atoms with Crippen molar-refractivity contribution in [3.05, 3.63) is 59.6 Å². The first-order valence-corrected chi connectivity index (χ1v) is 7.11. The van der Waals surface area contributed by atoms with Crippen LogP contribution in [0.1, 0.15) is 5.56 Å². The van der Waals surface area contributed by atoms with E-state index in [1.54, 1.807) is 11.3 Å². The molecule has 3 heteroatoms. The Kier molecular flexibility index (Phi) is 4.75. The van der Waals surface area contributed by atoms with Gasteiger partial charge in [-0.25, -0.2) is 4.98 Å². The van der Waals surface area contributed by atoms with Crippen molar-refractivity contribution in [1.82, 2.24) is 4.98 Å². The van der Waals surface area contributed by atoms with Gasteiger partial charge in [-0.3, -0.25) is 0 Å². The molecule has 3 aromatic rings. The quantitative estimate of drug-likeness (QED) is 0.626. The summed E-state index contributed by atoms with van der Waals surface area (Å²) in [5.74, 6) is 2.57. The largest absolute Gasteiger partial charge is 0.378 e. The number of hydrogen-bond acceptors (Lipinski definition) is 3. The lowest BCUT2D eigenvalue weighted by molar-refractivity contribution is 1.13. The highest BCUT2D eigenvalue weighted by molar-refractivity contribution is 7.16. The Morgan fingerprint density at radius 3 is 2.35 bits per heavy atom. The molecule has 0 saturated heterocycles. The lowest BCUT2D eigenvalue weighted by atomic mass is 10.2. The Hall–Kier alpha value is -2.31. The number of hydrogen-bond donors (Lipinski definition) is 0. The number of aromatic nitrogens is 1. The van der Waals surface area contributed by atoms with Crippen molar-refractivity contribution in [3.63, 3.8) is 0 Å². The SMILES string of the molecule is C#Cc1ccc(N(C)C)cc1.c1ccc2scnc2c1. The number of anilines is 1. The van der Waals surface area contributed by atoms with Crippen LogP contribution in [-0.2, 0) is 0 Å². The van der Waals surface area contributed by atoms with Crippen molar-refractivity contribution in [3.8, 4) is 12.3 Å². The fraction of sp³-hybridized carbons (Fsp3) is 0.118. The first kappa shape index (κ1) is 14.1. The van der Waals surface area contributed by atoms with Crippen molar-refractivity contribution in [1.29, 1.82) is 0 Å². The number of rotatable bonds is 1. The van der Waals surface area contributed by atoms with Crippen LogP contribution < -0.4 is 4.90 Å². The minimum atomic E-state index is 0.926. The van der Waals surface area contributed by atoms with Crippen LogP contribution in [0.3, 0.4) is 0 Å². The van der Waals surface area contributed by atoms with Crippen molar-refractivity contribution in [2.75, 3.05) is 19.0 Å². The van der Waals surface area contributed by atoms with Crippen LogP contribution in [0, 0.1) is 12.3 Å². The number of thiazole rings is 1. The van der Waals surface area contributed by atoms with Gasteiger partial charge in [0.05, 0.1) is 15.7 Å². The van der Waals surface area contributed by atoms with Crippen molar-refractivity contribution in [2.45, 2.75) is 0 Å². The van der Waals surface area contributed by atoms with Crippen LogP contribution in [0.25, 0.3) is 10.2 Å². The zero-order valence-electron chi connectivity index (χ0n) is 11.6. The molecule has 1 aromatic heterocycles. The molecule has 0 amide bonds. The third-order valence-corrected chi connectivity index (χ3v) is 3.60. The van der Waals surface area contributed by atoms with E-state index in [0.717, 1.165) is 11.1 Å². The van der Waals surface area contributed by atoms with Gasteiger partial charge in [0.25, 0.3) is 0 Å². The van der Waals surface area contributed by atoms with Crippen LogP contribution in [-0.4, -0.2) is 19.1 Å². The Labute approximate surface area is 123 Å². The van der Waals surface area contributed by atoms with E-state index in [0.29, 0.717) is 0 Å². The van der Waals surface area contributed by atoms with E-state index in [9.17, 15) is 0 Å². The predicted molar refractivity (Wildman–Crippen MR) is 88.3 cm³/mol. The molecule has 0 saturated carbocycles. The third-order valence-electron chi connectivity index (χ3n) is 2.79. The van der Waals surface area contributed by atoms with E-state index in [-0.39, 0.29) is 0 Å². The normalized spacial score (nSPS) is 9.45. The minimum Gasteiger partial charge on any atom is -0.378 e. The molecule has 0 radical (unpaired) electrons. The average Bonchev–Trinajstić information content (AvgIpc) is 2.96. The maximum Gasteiger partial charge on any atom is 0.0812 e. The topological polar surface area (TPSA) is 16.1 Å². The maximum absolute atomic E-state index is 5.21. The monoisotopic (exact) mass is 280 g/mol. The summed E-state index contributed by atoms with van der Waals surface area (Å²) in [6.07, 6.45) is 5.21. The Bertz CT molecular complexity index is 675. The van der Waals surface area contributed by atoms with Gasteiger partial charge in [-0.05, 0) is 36.4 Å². The summed E-state index contributed by atoms with van der Waals surface area (Å²) >= 11 is 1.68. The molecule has 0 aliphatic carbocycles. The summed E-state index contributed by atoms with van der Waals surface area (Å²) < 4.78 is 1.26. The van der Waals surface area contributed by atoms with Crippen LogP contribution in [0.15, 0.2) is 54.0 Å². The number of nitrogens with zero attached hydrogens (tertiary/aromatic N) is 2. The van der Waals surface area contributed by atoms with E-state index < -0.39 is 0 Å². The van der Waals surface area contributed by atoms with Crippen LogP contribution in [0.2, 0.25) is 0 Å². The second-order valence-corrected chi connectivity index (χ2v) is 5.29. The van der Waals surface area contributed by atoms with Crippen LogP contribution in [0.5, 0.6) is 0 Å². The minimum absolute atomic E-state index is 0.926. The van der Waals surface area contributed by atoms with E-state index in [2.05, 4.69) is 17.0 Å². The van der Waals surface area contributed by atoms with E-state index in [4.69, 9.17) is 6.42 Å². The molecule has 0 aliphatic rings. The number of terminal acetylenes is 1. The first-order chi connectivity index (χ1) is 9.70. The molecule has 2 nitrogen and oxygen atoms in total. The zero-order chi connectivity index (χ0) is 14.4. The second kappa shape index (κ2) is 6.74. The Balaban J connectivity index is 0.000000149. The van der Waals surface area contributed by atoms with Gasteiger partial charge in [0.1, 0.15) is 0 Å². The molecular formula is C17H16N2S. The van der Waals surface area contributed by atoms with Gasteiger partial charge < -0.3 is 4.90 Å². The van der Waals surface area contributed by atoms with Gasteiger partial charge in [0.15, 0.2) is 0 Å². The molecule has 2 aromatic carbocycles. The van der Waals surface area contributed by atoms with Gasteiger partial charge in [0.2, 0.25) is 0 Å². The van der Waals surface area contributed by atoms with Gasteiger partial charge in [-0.1, -0.05) is 18.1 Å². The molecule has 1 heterocycles. The molecule has 0 bridgehead atoms. The predicted octanol–water partition coefficient (Wildman–Crippen LogP) is 4.03. The highest BCUT2D eigenvalue weighted by atomic mass is 32.1. The Morgan fingerprint density at radius 2 is 1.75 bits per heavy atom. The molecular weight excluding hydrogens is 264 g/mol. The van der Waals surface area contributed by atoms with E-state index in [1.165, 1.54) is 10.4 Å². The van der Waals surface area contributed by atoms with Crippen molar-refractivity contribution < 1.29 is 0 Å². The van der Waals surface area contributed by atoms with Crippen LogP contribution >= 0.6 is 11.3 Å². The molecule has 0 N–H and O–H groups in total. The first-order valence-electron chi connectivity index (χ1n) is 6.23. The molecule has 0 atom stereocenters. The molecule has 3 rings (SSSR count). The highest BCUT2D eigenvalue weighted by Gasteiger charge is 1.92. The summed E-state index contributed by atoms with van der Waals surface area (Å²) in [5, 5.41) is 0. The second-order valence-electron chi connectivity index (χ2n) is 4.41. The van der Waals surface area contributed by atoms with Gasteiger partial charge in [-0.15, -0.1) is 17.8 Å². The molecule has 20 heavy (non-hydrogen) atoms. The van der Waals surface area contributed by atoms with Crippen LogP contribution in [0.4, 0.5) is 5.69 Å². The fourth-order valence-corrected chi connectivity index (χ4v) is 2.34. The average molecular weight is 280 g/mol. The maximum atomic E-state index is 5.21. The smallest absolute Gasteiger partial charge is 0.0812 e. The van der Waals surface area contributed by atoms with Gasteiger partial charge in [0, 0.05) is 25.3 Å². The summed E-state index contributed by atoms with van der Waals surface area (Å²) in [6.45, 7) is 0. The number of fused-ring (bicyclic) bond motifs is 1. The third kappa shape index (κ3) is 3.59. The summed E-state index contributed by atoms with van der Waals surface area (Å²) in [5.41, 5.74) is 5.06. The van der Waals surface area contributed by atoms with Gasteiger partial charge in [-0.2, -0.15) is 0 Å². The number of benzene rings is 2. The molecule has 100 valence electrons. The molecule has 0 unspecified atom stereocenters. The molecule has 0 aliphatic heterocycles. The molecule has 0 fully saturated rings. The zero-order valence-corrected chi connectivity index (χ0v) is 12.4. The van der Waals surface area contributed by atoms with Crippen molar-refractivity contribution >= 4 is 27.2 Å². The van der Waals surface area contributed by atoms with E-state index >= 15 is 0 Å². The summed E-state index contributed by atoms with van der Waals surface area (Å²) in [6, 6.07) is 16.0. The highest BCUT2D eigenvalue weighted by Crippen LogP contribution is 2.15. The molecule has 0 spiro atoms. The lowest BCUT2D eigenvalue weighted by Gasteiger charge is -2.11. The summed E-state index contributed by atoms with van der Waals surface area (Å²) in [4.78, 5) is 6.18. The lowest BCUT2D eigenvalue weighted by Crippen LogP contribution is -2.07. The van der Waals surface area contributed by atoms with Crippen molar-refractivity contribution in [2.24, 2.45) is 0 Å². The van der Waals surface area contributed by atoms with Gasteiger partial charge >= 0.3 is 0 Å². The summed E-state index contributed by atoms with van der Waals surface area (Å²) in [7, 11) is 4.01. The number of para-hydroxylation sites is 1.